The minimum Gasteiger partial charge on any atom is -0.454 e. The minimum atomic E-state index is 0.245. The Hall–Kier alpha value is -1.88. The van der Waals surface area contributed by atoms with Crippen molar-refractivity contribution in [3.05, 3.63) is 35.4 Å². The maximum atomic E-state index is 6.23. The molecule has 0 saturated heterocycles. The Kier molecular flexibility index (Phi) is 3.44. The van der Waals surface area contributed by atoms with Crippen molar-refractivity contribution in [2.24, 2.45) is 0 Å². The van der Waals surface area contributed by atoms with Crippen LogP contribution in [0, 0.1) is 0 Å². The van der Waals surface area contributed by atoms with Gasteiger partial charge >= 0.3 is 0 Å². The topological polar surface area (TPSA) is 48.3 Å². The van der Waals surface area contributed by atoms with E-state index in [1.807, 2.05) is 18.6 Å². The number of ether oxygens (including phenoxy) is 2. The van der Waals surface area contributed by atoms with E-state index < -0.39 is 0 Å². The minimum absolute atomic E-state index is 0.245. The second-order valence-electron chi connectivity index (χ2n) is 4.92. The first-order valence-electron chi connectivity index (χ1n) is 6.49. The molecule has 0 spiro atoms. The van der Waals surface area contributed by atoms with Gasteiger partial charge in [0.1, 0.15) is 0 Å². The molecule has 0 aliphatic carbocycles. The molecule has 0 saturated carbocycles. The summed E-state index contributed by atoms with van der Waals surface area (Å²) in [6, 6.07) is 4.01. The molecule has 0 bridgehead atoms. The van der Waals surface area contributed by atoms with Crippen LogP contribution in [0.3, 0.4) is 0 Å². The zero-order valence-electron chi connectivity index (χ0n) is 11.4. The molecule has 6 heteroatoms. The lowest BCUT2D eigenvalue weighted by Crippen LogP contribution is -2.09. The number of halogens is 1. The highest BCUT2D eigenvalue weighted by Crippen LogP contribution is 2.39. The van der Waals surface area contributed by atoms with E-state index in [2.05, 4.69) is 28.7 Å². The number of rotatable bonds is 4. The van der Waals surface area contributed by atoms with Crippen molar-refractivity contribution in [1.29, 1.82) is 0 Å². The molecule has 5 nitrogen and oxygen atoms in total. The van der Waals surface area contributed by atoms with Crippen LogP contribution in [0.25, 0.3) is 0 Å². The van der Waals surface area contributed by atoms with Crippen molar-refractivity contribution in [3.8, 4) is 11.5 Å². The third-order valence-electron chi connectivity index (χ3n) is 3.22. The summed E-state index contributed by atoms with van der Waals surface area (Å²) in [5.74, 6) is 1.40. The highest BCUT2D eigenvalue weighted by molar-refractivity contribution is 6.33. The van der Waals surface area contributed by atoms with E-state index >= 15 is 0 Å². The zero-order valence-corrected chi connectivity index (χ0v) is 12.1. The van der Waals surface area contributed by atoms with Gasteiger partial charge in [-0.3, -0.25) is 0 Å². The molecule has 106 valence electrons. The van der Waals surface area contributed by atoms with Gasteiger partial charge in [0.2, 0.25) is 6.79 Å². The molecule has 0 atom stereocenters. The molecule has 0 unspecified atom stereocenters. The standard InChI is InChI=1S/C14H16ClN3O2/c1-9(2)18-7-16-5-10(18)6-17-12-4-14-13(3-11(12)15)19-8-20-14/h3-5,7,9,17H,6,8H2,1-2H3. The molecule has 20 heavy (non-hydrogen) atoms. The molecular formula is C14H16ClN3O2. The van der Waals surface area contributed by atoms with Crippen molar-refractivity contribution in [2.75, 3.05) is 12.1 Å². The second kappa shape index (κ2) is 5.25. The number of aromatic nitrogens is 2. The molecule has 2 aromatic rings. The Morgan fingerprint density at radius 3 is 2.85 bits per heavy atom. The van der Waals surface area contributed by atoms with Crippen LogP contribution in [0.5, 0.6) is 11.5 Å². The van der Waals surface area contributed by atoms with Gasteiger partial charge in [0.25, 0.3) is 0 Å². The van der Waals surface area contributed by atoms with Gasteiger partial charge in [0.15, 0.2) is 11.5 Å². The summed E-state index contributed by atoms with van der Waals surface area (Å²) in [6.07, 6.45) is 3.69. The second-order valence-corrected chi connectivity index (χ2v) is 5.33. The van der Waals surface area contributed by atoms with E-state index in [1.54, 1.807) is 6.07 Å². The van der Waals surface area contributed by atoms with Crippen LogP contribution in [0.4, 0.5) is 5.69 Å². The lowest BCUT2D eigenvalue weighted by atomic mass is 10.2. The van der Waals surface area contributed by atoms with Crippen molar-refractivity contribution in [1.82, 2.24) is 9.55 Å². The monoisotopic (exact) mass is 293 g/mol. The van der Waals surface area contributed by atoms with E-state index in [1.165, 1.54) is 0 Å². The van der Waals surface area contributed by atoms with Gasteiger partial charge in [0, 0.05) is 24.4 Å². The molecule has 1 aliphatic rings. The van der Waals surface area contributed by atoms with Gasteiger partial charge in [-0.05, 0) is 13.8 Å². The predicted molar refractivity (Wildman–Crippen MR) is 77.5 cm³/mol. The van der Waals surface area contributed by atoms with Crippen LogP contribution >= 0.6 is 11.6 Å². The van der Waals surface area contributed by atoms with E-state index in [4.69, 9.17) is 21.1 Å². The fraction of sp³-hybridized carbons (Fsp3) is 0.357. The number of nitrogens with one attached hydrogen (secondary N) is 1. The Morgan fingerprint density at radius 1 is 1.35 bits per heavy atom. The lowest BCUT2D eigenvalue weighted by molar-refractivity contribution is 0.174. The summed E-state index contributed by atoms with van der Waals surface area (Å²) in [6.45, 7) is 5.14. The molecule has 1 aromatic carbocycles. The average molecular weight is 294 g/mol. The fourth-order valence-electron chi connectivity index (χ4n) is 2.17. The first-order chi connectivity index (χ1) is 9.65. The quantitative estimate of drug-likeness (QED) is 0.938. The Morgan fingerprint density at radius 2 is 2.10 bits per heavy atom. The van der Waals surface area contributed by atoms with Crippen molar-refractivity contribution >= 4 is 17.3 Å². The lowest BCUT2D eigenvalue weighted by Gasteiger charge is -2.14. The SMILES string of the molecule is CC(C)n1cncc1CNc1cc2c(cc1Cl)OCO2. The summed E-state index contributed by atoms with van der Waals surface area (Å²) in [7, 11) is 0. The van der Waals surface area contributed by atoms with Crippen molar-refractivity contribution in [3.63, 3.8) is 0 Å². The molecule has 1 aliphatic heterocycles. The maximum absolute atomic E-state index is 6.23. The fourth-order valence-corrected chi connectivity index (χ4v) is 2.39. The van der Waals surface area contributed by atoms with Crippen molar-refractivity contribution < 1.29 is 9.47 Å². The van der Waals surface area contributed by atoms with Gasteiger partial charge in [-0.15, -0.1) is 0 Å². The van der Waals surface area contributed by atoms with Crippen LogP contribution in [0.2, 0.25) is 5.02 Å². The van der Waals surface area contributed by atoms with Gasteiger partial charge in [-0.25, -0.2) is 4.98 Å². The van der Waals surface area contributed by atoms with Gasteiger partial charge in [0.05, 0.1) is 29.3 Å². The van der Waals surface area contributed by atoms with Gasteiger partial charge in [-0.2, -0.15) is 0 Å². The molecule has 1 aromatic heterocycles. The first-order valence-corrected chi connectivity index (χ1v) is 6.86. The number of nitrogens with zero attached hydrogens (tertiary/aromatic N) is 2. The average Bonchev–Trinajstić information content (AvgIpc) is 3.03. The number of imidazole rings is 1. The van der Waals surface area contributed by atoms with Crippen LogP contribution in [0.1, 0.15) is 25.6 Å². The number of benzene rings is 1. The summed E-state index contributed by atoms with van der Waals surface area (Å²) in [5.41, 5.74) is 1.93. The molecule has 3 rings (SSSR count). The first kappa shape index (κ1) is 13.1. The normalized spacial score (nSPS) is 13.0. The number of hydrogen-bond donors (Lipinski definition) is 1. The summed E-state index contributed by atoms with van der Waals surface area (Å²) < 4.78 is 12.8. The van der Waals surface area contributed by atoms with Crippen LogP contribution < -0.4 is 14.8 Å². The molecule has 0 fully saturated rings. The van der Waals surface area contributed by atoms with E-state index in [0.29, 0.717) is 29.1 Å². The van der Waals surface area contributed by atoms with Crippen LogP contribution in [-0.2, 0) is 6.54 Å². The predicted octanol–water partition coefficient (Wildman–Crippen LogP) is 3.46. The largest absolute Gasteiger partial charge is 0.454 e. The summed E-state index contributed by atoms with van der Waals surface area (Å²) in [5, 5.41) is 3.93. The Balaban J connectivity index is 1.77. The van der Waals surface area contributed by atoms with Crippen LogP contribution in [-0.4, -0.2) is 16.3 Å². The van der Waals surface area contributed by atoms with E-state index in [0.717, 1.165) is 11.4 Å². The van der Waals surface area contributed by atoms with Crippen LogP contribution in [0.15, 0.2) is 24.7 Å². The molecule has 1 N–H and O–H groups in total. The van der Waals surface area contributed by atoms with Gasteiger partial charge in [-0.1, -0.05) is 11.6 Å². The van der Waals surface area contributed by atoms with Crippen molar-refractivity contribution in [2.45, 2.75) is 26.4 Å². The maximum Gasteiger partial charge on any atom is 0.231 e. The molecule has 0 radical (unpaired) electrons. The third-order valence-corrected chi connectivity index (χ3v) is 3.54. The summed E-state index contributed by atoms with van der Waals surface area (Å²) in [4.78, 5) is 4.18. The van der Waals surface area contributed by atoms with Gasteiger partial charge < -0.3 is 19.4 Å². The summed E-state index contributed by atoms with van der Waals surface area (Å²) >= 11 is 6.23. The van der Waals surface area contributed by atoms with E-state index in [-0.39, 0.29) is 6.79 Å². The number of hydrogen-bond acceptors (Lipinski definition) is 4. The Bertz CT molecular complexity index is 625. The smallest absolute Gasteiger partial charge is 0.231 e. The molecule has 2 heterocycles. The zero-order chi connectivity index (χ0) is 14.1. The number of anilines is 1. The Labute approximate surface area is 122 Å². The van der Waals surface area contributed by atoms with E-state index in [9.17, 15) is 0 Å². The number of fused-ring (bicyclic) bond motifs is 1. The highest BCUT2D eigenvalue weighted by atomic mass is 35.5. The molecule has 0 amide bonds. The highest BCUT2D eigenvalue weighted by Gasteiger charge is 2.16. The third kappa shape index (κ3) is 2.41. The molecular weight excluding hydrogens is 278 g/mol.